The van der Waals surface area contributed by atoms with Crippen LogP contribution in [0.4, 0.5) is 0 Å². The molecule has 1 N–H and O–H groups in total. The molecule has 0 spiro atoms. The summed E-state index contributed by atoms with van der Waals surface area (Å²) < 4.78 is 12.3. The van der Waals surface area contributed by atoms with Gasteiger partial charge in [0, 0.05) is 28.6 Å². The lowest BCUT2D eigenvalue weighted by Gasteiger charge is -2.24. The van der Waals surface area contributed by atoms with Gasteiger partial charge in [0.05, 0.1) is 16.7 Å². The molecule has 2 aromatic carbocycles. The average Bonchev–Trinajstić information content (AvgIpc) is 2.98. The van der Waals surface area contributed by atoms with Crippen LogP contribution in [-0.4, -0.2) is 25.8 Å². The van der Waals surface area contributed by atoms with Crippen LogP contribution < -0.4 is 14.8 Å². The fraction of sp³-hybridized carbons (Fsp3) is 0.400. The molecule has 26 heavy (non-hydrogen) atoms. The van der Waals surface area contributed by atoms with Crippen molar-refractivity contribution in [3.05, 3.63) is 44.9 Å². The summed E-state index contributed by atoms with van der Waals surface area (Å²) in [5.74, 6) is 1.94. The second-order valence-electron chi connectivity index (χ2n) is 6.74. The Morgan fingerprint density at radius 3 is 2.65 bits per heavy atom. The summed E-state index contributed by atoms with van der Waals surface area (Å²) in [7, 11) is 0. The van der Waals surface area contributed by atoms with Crippen molar-refractivity contribution in [1.82, 2.24) is 5.32 Å². The van der Waals surface area contributed by atoms with E-state index in [-0.39, 0.29) is 6.10 Å². The molecule has 0 aliphatic carbocycles. The number of hydrogen-bond donors (Lipinski definition) is 1. The first-order valence-corrected chi connectivity index (χ1v) is 10.0. The van der Waals surface area contributed by atoms with Crippen molar-refractivity contribution in [2.24, 2.45) is 0 Å². The normalized spacial score (nSPS) is 21.1. The highest BCUT2D eigenvalue weighted by molar-refractivity contribution is 6.41. The predicted octanol–water partition coefficient (Wildman–Crippen LogP) is 5.94. The Morgan fingerprint density at radius 1 is 1.15 bits per heavy atom. The molecule has 1 saturated heterocycles. The van der Waals surface area contributed by atoms with Gasteiger partial charge in [-0.3, -0.25) is 0 Å². The van der Waals surface area contributed by atoms with Crippen LogP contribution in [0.3, 0.4) is 0 Å². The maximum Gasteiger partial charge on any atom is 0.165 e. The fourth-order valence-corrected chi connectivity index (χ4v) is 4.78. The van der Waals surface area contributed by atoms with E-state index < -0.39 is 0 Å². The van der Waals surface area contributed by atoms with E-state index in [9.17, 15) is 0 Å². The third kappa shape index (κ3) is 3.27. The Balaban J connectivity index is 1.85. The van der Waals surface area contributed by atoms with Crippen LogP contribution in [0.25, 0.3) is 11.1 Å². The molecule has 2 aliphatic rings. The van der Waals surface area contributed by atoms with Crippen molar-refractivity contribution in [3.63, 3.8) is 0 Å². The SMILES string of the molecule is CCCOc1cc(-c2c(Cl)cc(Cl)cc2Cl)cc2c1O[C@H]1CCNC[C@@H]21. The number of fused-ring (bicyclic) bond motifs is 3. The Bertz CT molecular complexity index is 817. The lowest BCUT2D eigenvalue weighted by molar-refractivity contribution is 0.165. The molecule has 6 heteroatoms. The molecule has 138 valence electrons. The number of nitrogens with one attached hydrogen (secondary N) is 1. The van der Waals surface area contributed by atoms with Crippen molar-refractivity contribution < 1.29 is 9.47 Å². The van der Waals surface area contributed by atoms with Gasteiger partial charge in [-0.2, -0.15) is 0 Å². The van der Waals surface area contributed by atoms with Crippen LogP contribution >= 0.6 is 34.8 Å². The van der Waals surface area contributed by atoms with Gasteiger partial charge in [-0.05, 0) is 49.2 Å². The molecule has 0 radical (unpaired) electrons. The maximum atomic E-state index is 6.46. The first kappa shape index (κ1) is 18.2. The van der Waals surface area contributed by atoms with Gasteiger partial charge in [0.15, 0.2) is 11.5 Å². The molecule has 1 fully saturated rings. The topological polar surface area (TPSA) is 30.5 Å². The summed E-state index contributed by atoms with van der Waals surface area (Å²) in [6, 6.07) is 7.53. The van der Waals surface area contributed by atoms with Crippen LogP contribution in [0.5, 0.6) is 11.5 Å². The van der Waals surface area contributed by atoms with Gasteiger partial charge >= 0.3 is 0 Å². The highest BCUT2D eigenvalue weighted by Gasteiger charge is 2.38. The number of ether oxygens (including phenoxy) is 2. The smallest absolute Gasteiger partial charge is 0.165 e. The Labute approximate surface area is 168 Å². The zero-order valence-electron chi connectivity index (χ0n) is 14.5. The molecule has 0 saturated carbocycles. The zero-order chi connectivity index (χ0) is 18.3. The van der Waals surface area contributed by atoms with E-state index in [2.05, 4.69) is 18.3 Å². The van der Waals surface area contributed by atoms with Gasteiger partial charge in [-0.15, -0.1) is 0 Å². The van der Waals surface area contributed by atoms with Crippen molar-refractivity contribution in [3.8, 4) is 22.6 Å². The summed E-state index contributed by atoms with van der Waals surface area (Å²) in [6.45, 7) is 4.59. The largest absolute Gasteiger partial charge is 0.490 e. The molecular weight excluding hydrogens is 393 g/mol. The van der Waals surface area contributed by atoms with Crippen molar-refractivity contribution >= 4 is 34.8 Å². The first-order valence-electron chi connectivity index (χ1n) is 8.91. The van der Waals surface area contributed by atoms with Crippen molar-refractivity contribution in [2.45, 2.75) is 31.8 Å². The molecule has 2 atom stereocenters. The van der Waals surface area contributed by atoms with Gasteiger partial charge in [0.1, 0.15) is 6.10 Å². The van der Waals surface area contributed by atoms with E-state index in [0.29, 0.717) is 27.6 Å². The summed E-state index contributed by atoms with van der Waals surface area (Å²) in [4.78, 5) is 0. The van der Waals surface area contributed by atoms with E-state index in [1.807, 2.05) is 6.07 Å². The summed E-state index contributed by atoms with van der Waals surface area (Å²) >= 11 is 19.0. The third-order valence-electron chi connectivity index (χ3n) is 4.93. The molecule has 0 unspecified atom stereocenters. The van der Waals surface area contributed by atoms with Gasteiger partial charge < -0.3 is 14.8 Å². The first-order chi connectivity index (χ1) is 12.6. The molecule has 2 heterocycles. The second kappa shape index (κ2) is 7.47. The standard InChI is InChI=1S/C20H20Cl3NO2/c1-2-5-25-18-7-11(19-15(22)8-12(21)9-16(19)23)6-13-14-10-24-4-3-17(14)26-20(13)18/h6-9,14,17,24H,2-5,10H2,1H3/t14-,17-/m0/s1. The van der Waals surface area contributed by atoms with Crippen LogP contribution in [0.1, 0.15) is 31.2 Å². The van der Waals surface area contributed by atoms with Gasteiger partial charge in [0.2, 0.25) is 0 Å². The number of hydrogen-bond acceptors (Lipinski definition) is 3. The molecule has 0 bridgehead atoms. The predicted molar refractivity (Wildman–Crippen MR) is 107 cm³/mol. The number of rotatable bonds is 4. The van der Waals surface area contributed by atoms with Crippen LogP contribution in [0.15, 0.2) is 24.3 Å². The highest BCUT2D eigenvalue weighted by Crippen LogP contribution is 2.50. The van der Waals surface area contributed by atoms with E-state index >= 15 is 0 Å². The highest BCUT2D eigenvalue weighted by atomic mass is 35.5. The minimum absolute atomic E-state index is 0.196. The monoisotopic (exact) mass is 411 g/mol. The van der Waals surface area contributed by atoms with Crippen LogP contribution in [0.2, 0.25) is 15.1 Å². The average molecular weight is 413 g/mol. The lowest BCUT2D eigenvalue weighted by Crippen LogP contribution is -2.37. The Hall–Kier alpha value is -1.13. The number of piperidine rings is 1. The molecule has 2 aliphatic heterocycles. The van der Waals surface area contributed by atoms with E-state index in [1.54, 1.807) is 12.1 Å². The number of halogens is 3. The minimum atomic E-state index is 0.196. The molecule has 4 rings (SSSR count). The van der Waals surface area contributed by atoms with E-state index in [1.165, 1.54) is 0 Å². The minimum Gasteiger partial charge on any atom is -0.490 e. The molecule has 0 amide bonds. The quantitative estimate of drug-likeness (QED) is 0.674. The fourth-order valence-electron chi connectivity index (χ4n) is 3.74. The maximum absolute atomic E-state index is 6.46. The molecule has 0 aromatic heterocycles. The lowest BCUT2D eigenvalue weighted by atomic mass is 9.89. The van der Waals surface area contributed by atoms with Crippen LogP contribution in [0, 0.1) is 0 Å². The summed E-state index contributed by atoms with van der Waals surface area (Å²) in [5, 5.41) is 5.04. The van der Waals surface area contributed by atoms with E-state index in [4.69, 9.17) is 44.3 Å². The molecular formula is C20H20Cl3NO2. The van der Waals surface area contributed by atoms with Crippen molar-refractivity contribution in [2.75, 3.05) is 19.7 Å². The molecule has 3 nitrogen and oxygen atoms in total. The summed E-state index contributed by atoms with van der Waals surface area (Å²) in [5.41, 5.74) is 2.86. The Morgan fingerprint density at radius 2 is 1.92 bits per heavy atom. The zero-order valence-corrected chi connectivity index (χ0v) is 16.7. The van der Waals surface area contributed by atoms with E-state index in [0.717, 1.165) is 54.1 Å². The third-order valence-corrected chi connectivity index (χ3v) is 5.74. The van der Waals surface area contributed by atoms with Gasteiger partial charge in [0.25, 0.3) is 0 Å². The summed E-state index contributed by atoms with van der Waals surface area (Å²) in [6.07, 6.45) is 2.11. The van der Waals surface area contributed by atoms with Crippen molar-refractivity contribution in [1.29, 1.82) is 0 Å². The van der Waals surface area contributed by atoms with Gasteiger partial charge in [-0.25, -0.2) is 0 Å². The second-order valence-corrected chi connectivity index (χ2v) is 7.99. The Kier molecular flexibility index (Phi) is 5.24. The van der Waals surface area contributed by atoms with Gasteiger partial charge in [-0.1, -0.05) is 41.7 Å². The van der Waals surface area contributed by atoms with Crippen LogP contribution in [-0.2, 0) is 0 Å². The number of benzene rings is 2. The molecule has 2 aromatic rings.